The minimum absolute atomic E-state index is 0.0444. The van der Waals surface area contributed by atoms with E-state index < -0.39 is 0 Å². The van der Waals surface area contributed by atoms with Gasteiger partial charge in [-0.3, -0.25) is 4.79 Å². The van der Waals surface area contributed by atoms with Crippen LogP contribution in [0, 0.1) is 20.8 Å². The van der Waals surface area contributed by atoms with Gasteiger partial charge in [0.05, 0.1) is 15.9 Å². The number of aryl methyl sites for hydroxylation is 3. The predicted octanol–water partition coefficient (Wildman–Crippen LogP) is 3.04. The van der Waals surface area contributed by atoms with E-state index in [1.165, 1.54) is 27.4 Å². The van der Waals surface area contributed by atoms with Crippen LogP contribution in [0.3, 0.4) is 0 Å². The molecule has 1 amide bonds. The normalized spacial score (nSPS) is 15.2. The standard InChI is InChI=1S/C17H19N5OS2/c1-10-8-11(2)14-13(9-10)24-17(18-14)22-6-4-21(5-7-22)16(23)15-12(3)19-20-25-15/h8-9H,4-7H2,1-3H3. The minimum Gasteiger partial charge on any atom is -0.345 e. The molecular weight excluding hydrogens is 354 g/mol. The van der Waals surface area contributed by atoms with E-state index in [2.05, 4.69) is 40.5 Å². The number of rotatable bonds is 2. The molecule has 8 heteroatoms. The average Bonchev–Trinajstić information content (AvgIpc) is 3.20. The molecule has 25 heavy (non-hydrogen) atoms. The van der Waals surface area contributed by atoms with Crippen LogP contribution in [0.4, 0.5) is 5.13 Å². The van der Waals surface area contributed by atoms with Gasteiger partial charge in [0.1, 0.15) is 4.88 Å². The SMILES string of the molecule is Cc1cc(C)c2nc(N3CCN(C(=O)c4snnc4C)CC3)sc2c1. The van der Waals surface area contributed by atoms with Gasteiger partial charge in [0, 0.05) is 26.2 Å². The quantitative estimate of drug-likeness (QED) is 0.691. The van der Waals surface area contributed by atoms with Gasteiger partial charge in [0.25, 0.3) is 5.91 Å². The first-order valence-electron chi connectivity index (χ1n) is 8.24. The molecule has 0 unspecified atom stereocenters. The number of piperazine rings is 1. The molecule has 0 atom stereocenters. The monoisotopic (exact) mass is 373 g/mol. The van der Waals surface area contributed by atoms with E-state index >= 15 is 0 Å². The Morgan fingerprint density at radius 2 is 1.88 bits per heavy atom. The molecule has 0 saturated carbocycles. The van der Waals surface area contributed by atoms with E-state index in [4.69, 9.17) is 4.98 Å². The maximum Gasteiger partial charge on any atom is 0.267 e. The molecule has 3 aromatic rings. The van der Waals surface area contributed by atoms with Crippen molar-refractivity contribution in [1.29, 1.82) is 0 Å². The number of hydrogen-bond donors (Lipinski definition) is 0. The molecule has 1 aliphatic rings. The summed E-state index contributed by atoms with van der Waals surface area (Å²) < 4.78 is 5.10. The zero-order chi connectivity index (χ0) is 17.6. The Labute approximate surface area is 154 Å². The average molecular weight is 374 g/mol. The Morgan fingerprint density at radius 3 is 2.56 bits per heavy atom. The van der Waals surface area contributed by atoms with Crippen molar-refractivity contribution in [2.45, 2.75) is 20.8 Å². The van der Waals surface area contributed by atoms with Crippen LogP contribution in [-0.4, -0.2) is 51.6 Å². The minimum atomic E-state index is 0.0444. The third kappa shape index (κ3) is 3.00. The van der Waals surface area contributed by atoms with Crippen molar-refractivity contribution < 1.29 is 4.79 Å². The summed E-state index contributed by atoms with van der Waals surface area (Å²) >= 11 is 2.91. The van der Waals surface area contributed by atoms with Crippen molar-refractivity contribution >= 4 is 44.1 Å². The summed E-state index contributed by atoms with van der Waals surface area (Å²) in [5.74, 6) is 0.0444. The highest BCUT2D eigenvalue weighted by molar-refractivity contribution is 7.22. The third-order valence-corrected chi connectivity index (χ3v) is 6.38. The van der Waals surface area contributed by atoms with E-state index in [9.17, 15) is 4.79 Å². The number of hydrogen-bond acceptors (Lipinski definition) is 7. The fourth-order valence-electron chi connectivity index (χ4n) is 3.17. The van der Waals surface area contributed by atoms with Gasteiger partial charge < -0.3 is 9.80 Å². The predicted molar refractivity (Wildman–Crippen MR) is 102 cm³/mol. The van der Waals surface area contributed by atoms with Crippen molar-refractivity contribution in [3.63, 3.8) is 0 Å². The van der Waals surface area contributed by atoms with Crippen molar-refractivity contribution in [3.8, 4) is 0 Å². The van der Waals surface area contributed by atoms with E-state index in [-0.39, 0.29) is 5.91 Å². The molecular formula is C17H19N5OS2. The lowest BCUT2D eigenvalue weighted by molar-refractivity contribution is 0.0750. The van der Waals surface area contributed by atoms with Crippen LogP contribution in [0.5, 0.6) is 0 Å². The number of nitrogens with zero attached hydrogens (tertiary/aromatic N) is 5. The van der Waals surface area contributed by atoms with Gasteiger partial charge in [-0.15, -0.1) is 5.10 Å². The number of amides is 1. The second-order valence-corrected chi connectivity index (χ2v) is 8.15. The highest BCUT2D eigenvalue weighted by atomic mass is 32.1. The molecule has 1 fully saturated rings. The summed E-state index contributed by atoms with van der Waals surface area (Å²) in [7, 11) is 0. The Hall–Kier alpha value is -2.06. The Balaban J connectivity index is 1.49. The molecule has 6 nitrogen and oxygen atoms in total. The highest BCUT2D eigenvalue weighted by Gasteiger charge is 2.26. The van der Waals surface area contributed by atoms with Gasteiger partial charge in [-0.05, 0) is 49.5 Å². The maximum atomic E-state index is 12.6. The van der Waals surface area contributed by atoms with Gasteiger partial charge in [0.15, 0.2) is 5.13 Å². The van der Waals surface area contributed by atoms with Crippen LogP contribution in [-0.2, 0) is 0 Å². The number of anilines is 1. The summed E-state index contributed by atoms with van der Waals surface area (Å²) in [5.41, 5.74) is 4.30. The summed E-state index contributed by atoms with van der Waals surface area (Å²) in [6, 6.07) is 4.37. The summed E-state index contributed by atoms with van der Waals surface area (Å²) in [4.78, 5) is 22.2. The number of thiazole rings is 1. The zero-order valence-electron chi connectivity index (χ0n) is 14.4. The fraction of sp³-hybridized carbons (Fsp3) is 0.412. The van der Waals surface area contributed by atoms with Crippen LogP contribution in [0.15, 0.2) is 12.1 Å². The fourth-order valence-corrected chi connectivity index (χ4v) is 4.98. The van der Waals surface area contributed by atoms with Crippen molar-refractivity contribution in [3.05, 3.63) is 33.8 Å². The number of fused-ring (bicyclic) bond motifs is 1. The van der Waals surface area contributed by atoms with Gasteiger partial charge in [0.2, 0.25) is 0 Å². The highest BCUT2D eigenvalue weighted by Crippen LogP contribution is 2.32. The molecule has 2 aromatic heterocycles. The van der Waals surface area contributed by atoms with Crippen LogP contribution < -0.4 is 4.90 Å². The molecule has 1 aliphatic heterocycles. The number of carbonyl (C=O) groups excluding carboxylic acids is 1. The summed E-state index contributed by atoms with van der Waals surface area (Å²) in [6.45, 7) is 9.06. The zero-order valence-corrected chi connectivity index (χ0v) is 16.1. The third-order valence-electron chi connectivity index (χ3n) is 4.50. The lowest BCUT2D eigenvalue weighted by atomic mass is 10.1. The molecule has 0 spiro atoms. The van der Waals surface area contributed by atoms with Crippen LogP contribution >= 0.6 is 22.9 Å². The molecule has 0 aliphatic carbocycles. The summed E-state index contributed by atoms with van der Waals surface area (Å²) in [6.07, 6.45) is 0. The lowest BCUT2D eigenvalue weighted by Gasteiger charge is -2.34. The first-order chi connectivity index (χ1) is 12.0. The molecule has 0 bridgehead atoms. The van der Waals surface area contributed by atoms with Crippen molar-refractivity contribution in [2.75, 3.05) is 31.1 Å². The first-order valence-corrected chi connectivity index (χ1v) is 9.83. The molecule has 1 aromatic carbocycles. The summed E-state index contributed by atoms with van der Waals surface area (Å²) in [5, 5.41) is 4.98. The lowest BCUT2D eigenvalue weighted by Crippen LogP contribution is -2.48. The van der Waals surface area contributed by atoms with Crippen molar-refractivity contribution in [2.24, 2.45) is 0 Å². The Kier molecular flexibility index (Phi) is 4.16. The van der Waals surface area contributed by atoms with Crippen LogP contribution in [0.1, 0.15) is 26.5 Å². The number of carbonyl (C=O) groups is 1. The second kappa shape index (κ2) is 6.34. The first kappa shape index (κ1) is 16.4. The molecule has 3 heterocycles. The van der Waals surface area contributed by atoms with E-state index in [0.717, 1.165) is 29.4 Å². The van der Waals surface area contributed by atoms with Gasteiger partial charge in [-0.25, -0.2) is 4.98 Å². The van der Waals surface area contributed by atoms with Crippen LogP contribution in [0.2, 0.25) is 0 Å². The van der Waals surface area contributed by atoms with Crippen LogP contribution in [0.25, 0.3) is 10.2 Å². The largest absolute Gasteiger partial charge is 0.345 e. The molecule has 4 rings (SSSR count). The van der Waals surface area contributed by atoms with E-state index in [0.29, 0.717) is 18.0 Å². The van der Waals surface area contributed by atoms with Gasteiger partial charge in [-0.2, -0.15) is 0 Å². The topological polar surface area (TPSA) is 62.2 Å². The second-order valence-electron chi connectivity index (χ2n) is 6.39. The molecule has 1 saturated heterocycles. The Morgan fingerprint density at radius 1 is 1.12 bits per heavy atom. The number of benzene rings is 1. The molecule has 0 radical (unpaired) electrons. The van der Waals surface area contributed by atoms with Crippen molar-refractivity contribution in [1.82, 2.24) is 19.5 Å². The van der Waals surface area contributed by atoms with E-state index in [1.54, 1.807) is 11.3 Å². The molecule has 0 N–H and O–H groups in total. The van der Waals surface area contributed by atoms with Gasteiger partial charge in [-0.1, -0.05) is 21.9 Å². The van der Waals surface area contributed by atoms with E-state index in [1.807, 2.05) is 11.8 Å². The Bertz CT molecular complexity index is 940. The number of aromatic nitrogens is 3. The maximum absolute atomic E-state index is 12.6. The smallest absolute Gasteiger partial charge is 0.267 e. The molecule has 130 valence electrons. The van der Waals surface area contributed by atoms with Gasteiger partial charge >= 0.3 is 0 Å².